The number of hydrogen-bond acceptors (Lipinski definition) is 5. The van der Waals surface area contributed by atoms with Crippen molar-refractivity contribution in [3.8, 4) is 11.5 Å². The maximum Gasteiger partial charge on any atom is 0.231 e. The highest BCUT2D eigenvalue weighted by Crippen LogP contribution is 2.34. The first-order chi connectivity index (χ1) is 9.03. The second kappa shape index (κ2) is 4.41. The van der Waals surface area contributed by atoms with Gasteiger partial charge in [-0.15, -0.1) is 0 Å². The normalized spacial score (nSPS) is 23.3. The van der Waals surface area contributed by atoms with Crippen LogP contribution in [0, 0.1) is 5.92 Å². The number of hydrogen-bond donors (Lipinski definition) is 1. The molecule has 2 aliphatic heterocycles. The fourth-order valence-corrected chi connectivity index (χ4v) is 3.96. The lowest BCUT2D eigenvalue weighted by Gasteiger charge is -2.09. The van der Waals surface area contributed by atoms with Gasteiger partial charge >= 0.3 is 0 Å². The summed E-state index contributed by atoms with van der Waals surface area (Å²) >= 11 is 0. The van der Waals surface area contributed by atoms with E-state index in [9.17, 15) is 13.2 Å². The molecule has 0 bridgehead atoms. The van der Waals surface area contributed by atoms with Gasteiger partial charge in [0.15, 0.2) is 21.3 Å². The third-order valence-corrected chi connectivity index (χ3v) is 5.01. The van der Waals surface area contributed by atoms with Crippen LogP contribution in [0.4, 0.5) is 5.69 Å². The Balaban J connectivity index is 1.70. The average molecular weight is 283 g/mol. The van der Waals surface area contributed by atoms with Crippen molar-refractivity contribution in [2.24, 2.45) is 5.92 Å². The molecule has 2 aliphatic rings. The van der Waals surface area contributed by atoms with Crippen molar-refractivity contribution in [1.29, 1.82) is 0 Å². The van der Waals surface area contributed by atoms with Gasteiger partial charge in [0.2, 0.25) is 12.7 Å². The van der Waals surface area contributed by atoms with E-state index >= 15 is 0 Å². The van der Waals surface area contributed by atoms with Crippen LogP contribution in [0.25, 0.3) is 0 Å². The van der Waals surface area contributed by atoms with Gasteiger partial charge in [-0.1, -0.05) is 0 Å². The van der Waals surface area contributed by atoms with Crippen LogP contribution < -0.4 is 14.8 Å². The highest BCUT2D eigenvalue weighted by Gasteiger charge is 2.33. The number of amides is 1. The molecule has 7 heteroatoms. The molecule has 1 atom stereocenters. The van der Waals surface area contributed by atoms with Crippen LogP contribution >= 0.6 is 0 Å². The van der Waals surface area contributed by atoms with E-state index in [1.54, 1.807) is 18.2 Å². The van der Waals surface area contributed by atoms with E-state index in [2.05, 4.69) is 5.32 Å². The van der Waals surface area contributed by atoms with Crippen LogP contribution in [0.15, 0.2) is 18.2 Å². The molecule has 3 rings (SSSR count). The van der Waals surface area contributed by atoms with Crippen LogP contribution in [-0.2, 0) is 14.6 Å². The molecular weight excluding hydrogens is 270 g/mol. The Morgan fingerprint density at radius 1 is 1.26 bits per heavy atom. The zero-order valence-corrected chi connectivity index (χ0v) is 10.9. The summed E-state index contributed by atoms with van der Waals surface area (Å²) in [6, 6.07) is 5.09. The van der Waals surface area contributed by atoms with Crippen LogP contribution in [-0.4, -0.2) is 32.6 Å². The predicted molar refractivity (Wildman–Crippen MR) is 68.0 cm³/mol. The van der Waals surface area contributed by atoms with Gasteiger partial charge < -0.3 is 14.8 Å². The second-order valence-electron chi connectivity index (χ2n) is 4.66. The van der Waals surface area contributed by atoms with E-state index in [-0.39, 0.29) is 24.2 Å². The van der Waals surface area contributed by atoms with Crippen LogP contribution in [0.5, 0.6) is 11.5 Å². The molecule has 1 N–H and O–H groups in total. The smallest absolute Gasteiger partial charge is 0.231 e. The fourth-order valence-electron chi connectivity index (χ4n) is 2.22. The summed E-state index contributed by atoms with van der Waals surface area (Å²) in [5.74, 6) is 0.518. The molecule has 102 valence electrons. The SMILES string of the molecule is O=C(Nc1ccc2c(c1)OCO2)[C@H]1CCS(=O)(=O)C1. The second-order valence-corrected chi connectivity index (χ2v) is 6.89. The quantitative estimate of drug-likeness (QED) is 0.867. The minimum atomic E-state index is -3.05. The first-order valence-electron chi connectivity index (χ1n) is 5.94. The molecule has 0 radical (unpaired) electrons. The molecular formula is C12H13NO5S. The van der Waals surface area contributed by atoms with Gasteiger partial charge in [-0.3, -0.25) is 4.79 Å². The van der Waals surface area contributed by atoms with Gasteiger partial charge in [-0.05, 0) is 18.6 Å². The molecule has 1 aromatic rings. The zero-order chi connectivity index (χ0) is 13.5. The first-order valence-corrected chi connectivity index (χ1v) is 7.76. The van der Waals surface area contributed by atoms with Crippen molar-refractivity contribution >= 4 is 21.4 Å². The Bertz CT molecular complexity index is 625. The molecule has 6 nitrogen and oxygen atoms in total. The molecule has 0 aromatic heterocycles. The number of carbonyl (C=O) groups excluding carboxylic acids is 1. The monoisotopic (exact) mass is 283 g/mol. The molecule has 19 heavy (non-hydrogen) atoms. The highest BCUT2D eigenvalue weighted by molar-refractivity contribution is 7.91. The summed E-state index contributed by atoms with van der Waals surface area (Å²) < 4.78 is 33.1. The Morgan fingerprint density at radius 2 is 2.05 bits per heavy atom. The summed E-state index contributed by atoms with van der Waals surface area (Å²) in [5, 5.41) is 2.71. The van der Waals surface area contributed by atoms with E-state index in [1.807, 2.05) is 0 Å². The molecule has 1 aromatic carbocycles. The molecule has 0 aliphatic carbocycles. The number of nitrogens with one attached hydrogen (secondary N) is 1. The topological polar surface area (TPSA) is 81.7 Å². The Hall–Kier alpha value is -1.76. The van der Waals surface area contributed by atoms with E-state index < -0.39 is 15.8 Å². The Morgan fingerprint density at radius 3 is 2.79 bits per heavy atom. The van der Waals surface area contributed by atoms with Gasteiger partial charge in [0.05, 0.1) is 17.4 Å². The summed E-state index contributed by atoms with van der Waals surface area (Å²) in [6.45, 7) is 0.174. The molecule has 0 unspecified atom stereocenters. The van der Waals surface area contributed by atoms with Crippen LogP contribution in [0.2, 0.25) is 0 Å². The van der Waals surface area contributed by atoms with Crippen molar-refractivity contribution in [2.45, 2.75) is 6.42 Å². The van der Waals surface area contributed by atoms with Crippen molar-refractivity contribution in [2.75, 3.05) is 23.6 Å². The van der Waals surface area contributed by atoms with E-state index in [4.69, 9.17) is 9.47 Å². The number of rotatable bonds is 2. The lowest BCUT2D eigenvalue weighted by atomic mass is 10.1. The number of fused-ring (bicyclic) bond motifs is 1. The Labute approximate surface area is 110 Å². The van der Waals surface area contributed by atoms with Crippen molar-refractivity contribution in [3.05, 3.63) is 18.2 Å². The molecule has 0 saturated carbocycles. The highest BCUT2D eigenvalue weighted by atomic mass is 32.2. The number of sulfone groups is 1. The van der Waals surface area contributed by atoms with Crippen molar-refractivity contribution < 1.29 is 22.7 Å². The minimum absolute atomic E-state index is 0.0661. The Kier molecular flexibility index (Phi) is 2.85. The number of anilines is 1. The summed E-state index contributed by atoms with van der Waals surface area (Å²) in [7, 11) is -3.05. The van der Waals surface area contributed by atoms with E-state index in [1.165, 1.54) is 0 Å². The van der Waals surface area contributed by atoms with Crippen LogP contribution in [0.1, 0.15) is 6.42 Å². The third-order valence-electron chi connectivity index (χ3n) is 3.24. The lowest BCUT2D eigenvalue weighted by molar-refractivity contribution is -0.119. The van der Waals surface area contributed by atoms with Gasteiger partial charge in [-0.25, -0.2) is 8.42 Å². The fraction of sp³-hybridized carbons (Fsp3) is 0.417. The largest absolute Gasteiger partial charge is 0.454 e. The van der Waals surface area contributed by atoms with Gasteiger partial charge in [-0.2, -0.15) is 0 Å². The van der Waals surface area contributed by atoms with Gasteiger partial charge in [0, 0.05) is 11.8 Å². The lowest BCUT2D eigenvalue weighted by Crippen LogP contribution is -2.23. The van der Waals surface area contributed by atoms with Crippen molar-refractivity contribution in [3.63, 3.8) is 0 Å². The number of benzene rings is 1. The maximum absolute atomic E-state index is 12.0. The van der Waals surface area contributed by atoms with Crippen LogP contribution in [0.3, 0.4) is 0 Å². The van der Waals surface area contributed by atoms with Gasteiger partial charge in [0.25, 0.3) is 0 Å². The number of carbonyl (C=O) groups is 1. The van der Waals surface area contributed by atoms with Gasteiger partial charge in [0.1, 0.15) is 0 Å². The summed E-state index contributed by atoms with van der Waals surface area (Å²) in [4.78, 5) is 12.0. The summed E-state index contributed by atoms with van der Waals surface area (Å²) in [6.07, 6.45) is 0.388. The van der Waals surface area contributed by atoms with Crippen molar-refractivity contribution in [1.82, 2.24) is 0 Å². The summed E-state index contributed by atoms with van der Waals surface area (Å²) in [5.41, 5.74) is 0.582. The molecule has 1 saturated heterocycles. The molecule has 1 amide bonds. The first kappa shape index (κ1) is 12.3. The molecule has 1 fully saturated rings. The molecule has 2 heterocycles. The standard InChI is InChI=1S/C12H13NO5S/c14-12(8-3-4-19(15,16)6-8)13-9-1-2-10-11(5-9)18-7-17-10/h1-2,5,8H,3-4,6-7H2,(H,13,14)/t8-/m0/s1. The average Bonchev–Trinajstić information content (AvgIpc) is 2.94. The van der Waals surface area contributed by atoms with E-state index in [0.29, 0.717) is 23.6 Å². The third kappa shape index (κ3) is 2.51. The minimum Gasteiger partial charge on any atom is -0.454 e. The molecule has 0 spiro atoms. The predicted octanol–water partition coefficient (Wildman–Crippen LogP) is 0.788. The zero-order valence-electron chi connectivity index (χ0n) is 10.1. The maximum atomic E-state index is 12.0. The number of ether oxygens (including phenoxy) is 2. The van der Waals surface area contributed by atoms with E-state index in [0.717, 1.165) is 0 Å².